The van der Waals surface area contributed by atoms with Gasteiger partial charge in [0.05, 0.1) is 11.0 Å². The van der Waals surface area contributed by atoms with E-state index in [4.69, 9.17) is 0 Å². The summed E-state index contributed by atoms with van der Waals surface area (Å²) in [7, 11) is 3.68. The van der Waals surface area contributed by atoms with E-state index >= 15 is 0 Å². The van der Waals surface area contributed by atoms with E-state index in [1.54, 1.807) is 9.13 Å². The first-order valence-corrected chi connectivity index (χ1v) is 8.00. The van der Waals surface area contributed by atoms with Gasteiger partial charge in [-0.3, -0.25) is 9.13 Å². The Morgan fingerprint density at radius 3 is 2.57 bits per heavy atom. The lowest BCUT2D eigenvalue weighted by Crippen LogP contribution is -2.25. The Balaban J connectivity index is 1.97. The molecule has 0 spiro atoms. The first kappa shape index (κ1) is 14.4. The first-order chi connectivity index (χ1) is 10.1. The molecular weight excluding hydrogens is 262 g/mol. The van der Waals surface area contributed by atoms with Crippen LogP contribution in [-0.4, -0.2) is 15.7 Å². The van der Waals surface area contributed by atoms with Gasteiger partial charge in [-0.1, -0.05) is 32.3 Å². The van der Waals surface area contributed by atoms with Gasteiger partial charge in [0, 0.05) is 20.1 Å². The van der Waals surface area contributed by atoms with Crippen LogP contribution in [0.25, 0.3) is 11.0 Å². The zero-order valence-corrected chi connectivity index (χ0v) is 13.2. The molecule has 1 fully saturated rings. The summed E-state index contributed by atoms with van der Waals surface area (Å²) < 4.78 is 3.46. The van der Waals surface area contributed by atoms with Crippen molar-refractivity contribution >= 4 is 11.0 Å². The van der Waals surface area contributed by atoms with Crippen LogP contribution >= 0.6 is 0 Å². The Morgan fingerprint density at radius 2 is 1.95 bits per heavy atom. The topological polar surface area (TPSA) is 39.0 Å². The number of hydrogen-bond donors (Lipinski definition) is 1. The molecule has 1 heterocycles. The zero-order valence-electron chi connectivity index (χ0n) is 13.2. The molecule has 1 aliphatic carbocycles. The van der Waals surface area contributed by atoms with Gasteiger partial charge in [0.2, 0.25) is 0 Å². The van der Waals surface area contributed by atoms with Crippen LogP contribution in [0.1, 0.15) is 44.2 Å². The second-order valence-corrected chi connectivity index (χ2v) is 6.29. The van der Waals surface area contributed by atoms with Gasteiger partial charge in [-0.05, 0) is 36.6 Å². The lowest BCUT2D eigenvalue weighted by Gasteiger charge is -2.30. The fraction of sp³-hybridized carbons (Fsp3) is 0.588. The summed E-state index contributed by atoms with van der Waals surface area (Å²) in [5.74, 6) is 0.865. The van der Waals surface area contributed by atoms with Gasteiger partial charge in [-0.25, -0.2) is 4.79 Å². The van der Waals surface area contributed by atoms with E-state index in [-0.39, 0.29) is 5.69 Å². The van der Waals surface area contributed by atoms with Gasteiger partial charge in [0.25, 0.3) is 0 Å². The number of aromatic nitrogens is 2. The molecule has 3 rings (SSSR count). The van der Waals surface area contributed by atoms with Crippen molar-refractivity contribution in [3.63, 3.8) is 0 Å². The van der Waals surface area contributed by atoms with Crippen LogP contribution in [0, 0.1) is 5.92 Å². The predicted molar refractivity (Wildman–Crippen MR) is 86.5 cm³/mol. The summed E-state index contributed by atoms with van der Waals surface area (Å²) in [6.45, 7) is 3.13. The van der Waals surface area contributed by atoms with Gasteiger partial charge in [0.15, 0.2) is 0 Å². The average Bonchev–Trinajstić information content (AvgIpc) is 2.66. The Hall–Kier alpha value is -1.55. The van der Waals surface area contributed by atoms with Crippen molar-refractivity contribution in [1.29, 1.82) is 0 Å². The Kier molecular flexibility index (Phi) is 3.89. The SMILES string of the molecule is CCNC(CC1CCC1)c1ccc2c(c1)n(C)c(=O)n2C. The van der Waals surface area contributed by atoms with Crippen LogP contribution in [0.15, 0.2) is 23.0 Å². The number of fused-ring (bicyclic) bond motifs is 1. The highest BCUT2D eigenvalue weighted by molar-refractivity contribution is 5.77. The minimum absolute atomic E-state index is 0.0427. The average molecular weight is 287 g/mol. The fourth-order valence-corrected chi connectivity index (χ4v) is 3.39. The van der Waals surface area contributed by atoms with Gasteiger partial charge in [-0.15, -0.1) is 0 Å². The lowest BCUT2D eigenvalue weighted by atomic mass is 9.79. The molecule has 1 N–H and O–H groups in total. The van der Waals surface area contributed by atoms with E-state index in [0.29, 0.717) is 6.04 Å². The number of rotatable bonds is 5. The molecule has 1 saturated carbocycles. The minimum atomic E-state index is 0.0427. The minimum Gasteiger partial charge on any atom is -0.310 e. The van der Waals surface area contributed by atoms with Crippen LogP contribution in [0.3, 0.4) is 0 Å². The van der Waals surface area contributed by atoms with Gasteiger partial charge in [-0.2, -0.15) is 0 Å². The van der Waals surface area contributed by atoms with Gasteiger partial charge >= 0.3 is 5.69 Å². The molecule has 0 aliphatic heterocycles. The van der Waals surface area contributed by atoms with Crippen LogP contribution in [0.5, 0.6) is 0 Å². The van der Waals surface area contributed by atoms with E-state index in [0.717, 1.165) is 23.5 Å². The largest absolute Gasteiger partial charge is 0.328 e. The number of nitrogens with zero attached hydrogens (tertiary/aromatic N) is 2. The molecule has 0 amide bonds. The maximum absolute atomic E-state index is 12.0. The molecule has 4 nitrogen and oxygen atoms in total. The molecule has 1 atom stereocenters. The molecule has 21 heavy (non-hydrogen) atoms. The zero-order chi connectivity index (χ0) is 15.0. The van der Waals surface area contributed by atoms with Crippen molar-refractivity contribution in [2.75, 3.05) is 6.54 Å². The van der Waals surface area contributed by atoms with E-state index in [1.165, 1.54) is 31.2 Å². The van der Waals surface area contributed by atoms with Crippen molar-refractivity contribution < 1.29 is 0 Å². The number of benzene rings is 1. The van der Waals surface area contributed by atoms with Gasteiger partial charge < -0.3 is 5.32 Å². The maximum atomic E-state index is 12.0. The van der Waals surface area contributed by atoms with Crippen LogP contribution in [0.4, 0.5) is 0 Å². The molecule has 114 valence electrons. The van der Waals surface area contributed by atoms with Gasteiger partial charge in [0.1, 0.15) is 0 Å². The quantitative estimate of drug-likeness (QED) is 0.918. The molecule has 0 radical (unpaired) electrons. The highest BCUT2D eigenvalue weighted by atomic mass is 16.1. The Bertz CT molecular complexity index is 694. The third kappa shape index (κ3) is 2.53. The standard InChI is InChI=1S/C17H25N3O/c1-4-18-14(10-12-6-5-7-12)13-8-9-15-16(11-13)20(3)17(21)19(15)2/h8-9,11-12,14,18H,4-7,10H2,1-3H3. The molecule has 1 unspecified atom stereocenters. The molecule has 1 aliphatic rings. The van der Waals surface area contributed by atoms with Crippen molar-refractivity contribution in [3.8, 4) is 0 Å². The summed E-state index contributed by atoms with van der Waals surface area (Å²) in [4.78, 5) is 12.0. The molecule has 4 heteroatoms. The predicted octanol–water partition coefficient (Wildman–Crippen LogP) is 2.72. The second-order valence-electron chi connectivity index (χ2n) is 6.29. The van der Waals surface area contributed by atoms with Crippen molar-refractivity contribution in [1.82, 2.24) is 14.5 Å². The van der Waals surface area contributed by atoms with Crippen LogP contribution < -0.4 is 11.0 Å². The van der Waals surface area contributed by atoms with Crippen LogP contribution in [0.2, 0.25) is 0 Å². The van der Waals surface area contributed by atoms with Crippen molar-refractivity contribution in [2.45, 2.75) is 38.6 Å². The van der Waals surface area contributed by atoms with Crippen LogP contribution in [-0.2, 0) is 14.1 Å². The highest BCUT2D eigenvalue weighted by Crippen LogP contribution is 2.35. The Morgan fingerprint density at radius 1 is 1.24 bits per heavy atom. The van der Waals surface area contributed by atoms with E-state index in [1.807, 2.05) is 14.1 Å². The molecule has 1 aromatic carbocycles. The summed E-state index contributed by atoms with van der Waals surface area (Å²) in [5.41, 5.74) is 3.38. The Labute approximate surface area is 125 Å². The highest BCUT2D eigenvalue weighted by Gasteiger charge is 2.23. The number of nitrogens with one attached hydrogen (secondary N) is 1. The second kappa shape index (κ2) is 5.68. The van der Waals surface area contributed by atoms with E-state index < -0.39 is 0 Å². The fourth-order valence-electron chi connectivity index (χ4n) is 3.39. The molecule has 0 saturated heterocycles. The maximum Gasteiger partial charge on any atom is 0.328 e. The van der Waals surface area contributed by atoms with E-state index in [9.17, 15) is 4.79 Å². The smallest absolute Gasteiger partial charge is 0.310 e. The van der Waals surface area contributed by atoms with Crippen molar-refractivity contribution in [2.24, 2.45) is 20.0 Å². The third-order valence-electron chi connectivity index (χ3n) is 4.94. The number of aryl methyl sites for hydroxylation is 2. The summed E-state index contributed by atoms with van der Waals surface area (Å²) >= 11 is 0. The summed E-state index contributed by atoms with van der Waals surface area (Å²) in [5, 5.41) is 3.61. The molecule has 2 aromatic rings. The normalized spacial score (nSPS) is 17.1. The molecule has 0 bridgehead atoms. The lowest BCUT2D eigenvalue weighted by molar-refractivity contribution is 0.262. The molecular formula is C17H25N3O. The monoisotopic (exact) mass is 287 g/mol. The first-order valence-electron chi connectivity index (χ1n) is 8.00. The summed E-state index contributed by atoms with van der Waals surface area (Å²) in [6, 6.07) is 6.84. The van der Waals surface area contributed by atoms with Crippen molar-refractivity contribution in [3.05, 3.63) is 34.2 Å². The number of imidazole rings is 1. The molecule has 1 aromatic heterocycles. The van der Waals surface area contributed by atoms with E-state index in [2.05, 4.69) is 30.4 Å². The third-order valence-corrected chi connectivity index (χ3v) is 4.94. The number of hydrogen-bond acceptors (Lipinski definition) is 2. The summed E-state index contributed by atoms with van der Waals surface area (Å²) in [6.07, 6.45) is 5.33.